The third-order valence-electron chi connectivity index (χ3n) is 2.77. The zero-order chi connectivity index (χ0) is 18.8. The molecule has 0 unspecified atom stereocenters. The average molecular weight is 407 g/mol. The van der Waals surface area contributed by atoms with Crippen molar-refractivity contribution >= 4 is 45.2 Å². The quantitative estimate of drug-likeness (QED) is 0.709. The van der Waals surface area contributed by atoms with Crippen LogP contribution in [-0.4, -0.2) is 36.6 Å². The molecule has 0 spiro atoms. The Labute approximate surface area is 153 Å². The summed E-state index contributed by atoms with van der Waals surface area (Å²) >= 11 is 11.4. The van der Waals surface area contributed by atoms with E-state index in [1.807, 2.05) is 0 Å². The molecule has 0 aliphatic carbocycles. The number of nitrogens with zero attached hydrogens (tertiary/aromatic N) is 2. The number of amides is 2. The normalized spacial score (nSPS) is 11.0. The summed E-state index contributed by atoms with van der Waals surface area (Å²) in [5.41, 5.74) is 0.490. The van der Waals surface area contributed by atoms with E-state index in [9.17, 15) is 18.3 Å². The maximum Gasteiger partial charge on any atom is 0.335 e. The van der Waals surface area contributed by atoms with Crippen molar-refractivity contribution in [3.8, 4) is 11.6 Å². The van der Waals surface area contributed by atoms with Crippen molar-refractivity contribution in [2.45, 2.75) is 11.8 Å². The predicted octanol–water partition coefficient (Wildman–Crippen LogP) is 2.32. The summed E-state index contributed by atoms with van der Waals surface area (Å²) in [6.45, 7) is 1.63. The standard InChI is InChI=1S/C13H12Cl2N4O5S/c1-6-3-10(24-2)17-12(16-6)18-13(21)19-25(22,23)9-5-7(14)4-8(15)11(9)20/h3-5,20H,1-2H3,(H2,16,17,18,19,21). The Morgan fingerprint density at radius 2 is 1.92 bits per heavy atom. The Kier molecular flexibility index (Phi) is 5.55. The van der Waals surface area contributed by atoms with Gasteiger partial charge >= 0.3 is 6.03 Å². The number of aromatic hydroxyl groups is 1. The molecule has 2 aromatic rings. The molecule has 0 aliphatic heterocycles. The van der Waals surface area contributed by atoms with Gasteiger partial charge in [-0.2, -0.15) is 4.98 Å². The highest BCUT2D eigenvalue weighted by Gasteiger charge is 2.24. The van der Waals surface area contributed by atoms with Crippen molar-refractivity contribution in [1.82, 2.24) is 14.7 Å². The van der Waals surface area contributed by atoms with Crippen LogP contribution in [0.1, 0.15) is 5.69 Å². The van der Waals surface area contributed by atoms with Crippen LogP contribution in [0.15, 0.2) is 23.1 Å². The number of hydrogen-bond acceptors (Lipinski definition) is 7. The van der Waals surface area contributed by atoms with Crippen LogP contribution in [0.2, 0.25) is 10.0 Å². The minimum absolute atomic E-state index is 0.0321. The minimum atomic E-state index is -4.45. The maximum absolute atomic E-state index is 12.2. The number of rotatable bonds is 4. The number of benzene rings is 1. The van der Waals surface area contributed by atoms with E-state index >= 15 is 0 Å². The molecule has 2 rings (SSSR count). The number of urea groups is 1. The molecule has 25 heavy (non-hydrogen) atoms. The van der Waals surface area contributed by atoms with E-state index < -0.39 is 26.7 Å². The first-order valence-electron chi connectivity index (χ1n) is 6.54. The van der Waals surface area contributed by atoms with Crippen LogP contribution in [0, 0.1) is 6.92 Å². The Morgan fingerprint density at radius 1 is 1.24 bits per heavy atom. The first-order chi connectivity index (χ1) is 11.6. The third kappa shape index (κ3) is 4.62. The van der Waals surface area contributed by atoms with Crippen LogP contribution in [-0.2, 0) is 10.0 Å². The number of carbonyl (C=O) groups excluding carboxylic acids is 1. The van der Waals surface area contributed by atoms with Gasteiger partial charge < -0.3 is 9.84 Å². The smallest absolute Gasteiger partial charge is 0.335 e. The van der Waals surface area contributed by atoms with Crippen LogP contribution >= 0.6 is 23.2 Å². The lowest BCUT2D eigenvalue weighted by Gasteiger charge is -2.11. The van der Waals surface area contributed by atoms with Gasteiger partial charge in [0.15, 0.2) is 5.75 Å². The first-order valence-corrected chi connectivity index (χ1v) is 8.78. The van der Waals surface area contributed by atoms with E-state index in [1.165, 1.54) is 13.2 Å². The fourth-order valence-corrected chi connectivity index (χ4v) is 3.42. The van der Waals surface area contributed by atoms with Gasteiger partial charge in [0.05, 0.1) is 12.1 Å². The first kappa shape index (κ1) is 19.0. The molecule has 3 N–H and O–H groups in total. The van der Waals surface area contributed by atoms with Crippen molar-refractivity contribution in [3.63, 3.8) is 0 Å². The summed E-state index contributed by atoms with van der Waals surface area (Å²) in [6, 6.07) is 2.48. The monoisotopic (exact) mass is 406 g/mol. The number of halogens is 2. The van der Waals surface area contributed by atoms with E-state index in [4.69, 9.17) is 27.9 Å². The lowest BCUT2D eigenvalue weighted by Crippen LogP contribution is -2.35. The molecule has 2 amide bonds. The largest absolute Gasteiger partial charge is 0.505 e. The molecule has 9 nitrogen and oxygen atoms in total. The van der Waals surface area contributed by atoms with Gasteiger partial charge in [-0.15, -0.1) is 0 Å². The molecule has 1 aromatic heterocycles. The molecular weight excluding hydrogens is 395 g/mol. The molecule has 1 heterocycles. The second-order valence-corrected chi connectivity index (χ2v) is 7.16. The van der Waals surface area contributed by atoms with Crippen molar-refractivity contribution in [2.24, 2.45) is 0 Å². The lowest BCUT2D eigenvalue weighted by atomic mass is 10.3. The van der Waals surface area contributed by atoms with Gasteiger partial charge in [0.2, 0.25) is 11.8 Å². The summed E-state index contributed by atoms with van der Waals surface area (Å²) in [5, 5.41) is 11.6. The second-order valence-electron chi connectivity index (χ2n) is 4.67. The molecule has 12 heteroatoms. The SMILES string of the molecule is COc1cc(C)nc(NC(=O)NS(=O)(=O)c2cc(Cl)cc(Cl)c2O)n1. The number of anilines is 1. The Bertz CT molecular complexity index is 936. The van der Waals surface area contributed by atoms with Gasteiger partial charge in [-0.1, -0.05) is 23.2 Å². The molecule has 0 saturated carbocycles. The minimum Gasteiger partial charge on any atom is -0.505 e. The van der Waals surface area contributed by atoms with Crippen LogP contribution in [0.4, 0.5) is 10.7 Å². The van der Waals surface area contributed by atoms with Crippen LogP contribution < -0.4 is 14.8 Å². The number of sulfonamides is 1. The molecule has 0 saturated heterocycles. The Morgan fingerprint density at radius 3 is 2.56 bits per heavy atom. The number of nitrogens with one attached hydrogen (secondary N) is 2. The van der Waals surface area contributed by atoms with Gasteiger partial charge in [-0.05, 0) is 19.1 Å². The highest BCUT2D eigenvalue weighted by molar-refractivity contribution is 7.90. The van der Waals surface area contributed by atoms with Crippen molar-refractivity contribution in [3.05, 3.63) is 33.9 Å². The van der Waals surface area contributed by atoms with E-state index in [2.05, 4.69) is 15.3 Å². The van der Waals surface area contributed by atoms with E-state index in [-0.39, 0.29) is 21.9 Å². The fourth-order valence-electron chi connectivity index (χ4n) is 1.75. The van der Waals surface area contributed by atoms with E-state index in [1.54, 1.807) is 11.6 Å². The molecule has 134 valence electrons. The Hall–Kier alpha value is -2.30. The number of phenols is 1. The molecule has 0 aliphatic rings. The maximum atomic E-state index is 12.2. The number of aromatic nitrogens is 2. The summed E-state index contributed by atoms with van der Waals surface area (Å²) in [4.78, 5) is 19.0. The average Bonchev–Trinajstić information content (AvgIpc) is 2.49. The van der Waals surface area contributed by atoms with Crippen LogP contribution in [0.3, 0.4) is 0 Å². The van der Waals surface area contributed by atoms with Gasteiger partial charge in [0.1, 0.15) is 4.90 Å². The second kappa shape index (κ2) is 7.30. The highest BCUT2D eigenvalue weighted by Crippen LogP contribution is 2.33. The van der Waals surface area contributed by atoms with Gasteiger partial charge in [0.25, 0.3) is 10.0 Å². The molecular formula is C13H12Cl2N4O5S. The molecule has 0 radical (unpaired) electrons. The molecule has 0 fully saturated rings. The number of ether oxygens (including phenoxy) is 1. The molecule has 1 aromatic carbocycles. The van der Waals surface area contributed by atoms with Gasteiger partial charge in [0, 0.05) is 16.8 Å². The number of phenolic OH excluding ortho intramolecular Hbond substituents is 1. The third-order valence-corrected chi connectivity index (χ3v) is 4.63. The van der Waals surface area contributed by atoms with Crippen molar-refractivity contribution in [1.29, 1.82) is 0 Å². The van der Waals surface area contributed by atoms with E-state index in [0.29, 0.717) is 5.69 Å². The number of carbonyl (C=O) groups is 1. The lowest BCUT2D eigenvalue weighted by molar-refractivity contribution is 0.256. The molecule has 0 bridgehead atoms. The summed E-state index contributed by atoms with van der Waals surface area (Å²) in [6.07, 6.45) is 0. The van der Waals surface area contributed by atoms with Crippen molar-refractivity contribution < 1.29 is 23.1 Å². The fraction of sp³-hybridized carbons (Fsp3) is 0.154. The van der Waals surface area contributed by atoms with Crippen LogP contribution in [0.5, 0.6) is 11.6 Å². The number of hydrogen-bond donors (Lipinski definition) is 3. The number of aryl methyl sites for hydroxylation is 1. The van der Waals surface area contributed by atoms with Gasteiger partial charge in [-0.3, -0.25) is 5.32 Å². The molecule has 0 atom stereocenters. The number of methoxy groups -OCH3 is 1. The zero-order valence-corrected chi connectivity index (χ0v) is 15.2. The highest BCUT2D eigenvalue weighted by atomic mass is 35.5. The predicted molar refractivity (Wildman–Crippen MR) is 90.8 cm³/mol. The summed E-state index contributed by atoms with van der Waals surface area (Å²) in [7, 11) is -3.07. The van der Waals surface area contributed by atoms with Gasteiger partial charge in [-0.25, -0.2) is 22.9 Å². The Balaban J connectivity index is 2.24. The van der Waals surface area contributed by atoms with Crippen LogP contribution in [0.25, 0.3) is 0 Å². The summed E-state index contributed by atoms with van der Waals surface area (Å²) < 4.78 is 31.1. The van der Waals surface area contributed by atoms with Crippen molar-refractivity contribution in [2.75, 3.05) is 12.4 Å². The summed E-state index contributed by atoms with van der Waals surface area (Å²) in [5.74, 6) is -0.720. The van der Waals surface area contributed by atoms with E-state index in [0.717, 1.165) is 12.1 Å². The topological polar surface area (TPSA) is 131 Å². The zero-order valence-electron chi connectivity index (χ0n) is 12.9.